The highest BCUT2D eigenvalue weighted by molar-refractivity contribution is 5.36. The second-order valence-corrected chi connectivity index (χ2v) is 11.5. The molecule has 3 nitrogen and oxygen atoms in total. The van der Waals surface area contributed by atoms with Crippen molar-refractivity contribution in [2.45, 2.75) is 116 Å². The number of aliphatic hydroxyl groups is 3. The molecular formula is C27H44O3. The summed E-state index contributed by atoms with van der Waals surface area (Å²) in [6.07, 6.45) is 14.9. The molecule has 0 aromatic carbocycles. The molecule has 5 atom stereocenters. The molecule has 0 spiro atoms. The minimum Gasteiger partial charge on any atom is -0.393 e. The number of hydrogen-bond donors (Lipinski definition) is 3. The van der Waals surface area contributed by atoms with Gasteiger partial charge in [0.05, 0.1) is 17.3 Å². The third kappa shape index (κ3) is 5.29. The molecule has 3 heteroatoms. The fourth-order valence-corrected chi connectivity index (χ4v) is 6.71. The Balaban J connectivity index is 1.74. The van der Waals surface area contributed by atoms with Crippen LogP contribution in [0.4, 0.5) is 0 Å². The van der Waals surface area contributed by atoms with E-state index in [4.69, 9.17) is 0 Å². The molecule has 0 radical (unpaired) electrons. The summed E-state index contributed by atoms with van der Waals surface area (Å²) in [6, 6.07) is 0. The van der Waals surface area contributed by atoms with Crippen LogP contribution in [-0.2, 0) is 0 Å². The summed E-state index contributed by atoms with van der Waals surface area (Å²) >= 11 is 0. The fraction of sp³-hybridized carbons (Fsp3) is 0.778. The van der Waals surface area contributed by atoms with Gasteiger partial charge < -0.3 is 15.3 Å². The zero-order valence-corrected chi connectivity index (χ0v) is 19.7. The van der Waals surface area contributed by atoms with Crippen molar-refractivity contribution in [3.05, 3.63) is 35.5 Å². The average Bonchev–Trinajstić information content (AvgIpc) is 2.99. The summed E-state index contributed by atoms with van der Waals surface area (Å²) < 4.78 is 0. The predicted molar refractivity (Wildman–Crippen MR) is 124 cm³/mol. The smallest absolute Gasteiger partial charge is 0.0653 e. The standard InChI is InChI=1S/C27H44O3/c1-19-9-12-22(28)18-21(19)11-10-20-8-6-16-26(4)23(20)13-14-24(26)27(5,30)17-7-15-25(2,3)29/h10-11,22-24,28-30H,1,6-9,12-18H2,2-5H3/b20-10+,21-11?/t22-,23-,24-,26-,27-/m0/s1. The van der Waals surface area contributed by atoms with Crippen LogP contribution in [0.5, 0.6) is 0 Å². The average molecular weight is 417 g/mol. The molecule has 0 amide bonds. The molecule has 170 valence electrons. The largest absolute Gasteiger partial charge is 0.393 e. The summed E-state index contributed by atoms with van der Waals surface area (Å²) in [5.41, 5.74) is 2.71. The van der Waals surface area contributed by atoms with Crippen LogP contribution in [0.15, 0.2) is 35.5 Å². The lowest BCUT2D eigenvalue weighted by atomic mass is 9.59. The van der Waals surface area contributed by atoms with Gasteiger partial charge in [-0.05, 0) is 114 Å². The van der Waals surface area contributed by atoms with E-state index in [9.17, 15) is 15.3 Å². The van der Waals surface area contributed by atoms with Crippen molar-refractivity contribution in [1.29, 1.82) is 0 Å². The van der Waals surface area contributed by atoms with Crippen LogP contribution in [0.2, 0.25) is 0 Å². The maximum absolute atomic E-state index is 11.4. The van der Waals surface area contributed by atoms with E-state index in [1.165, 1.54) is 29.6 Å². The Labute approximate surface area is 184 Å². The van der Waals surface area contributed by atoms with Crippen LogP contribution >= 0.6 is 0 Å². The van der Waals surface area contributed by atoms with Gasteiger partial charge in [0, 0.05) is 0 Å². The molecule has 3 N–H and O–H groups in total. The highest BCUT2D eigenvalue weighted by Crippen LogP contribution is 2.60. The van der Waals surface area contributed by atoms with Crippen molar-refractivity contribution in [1.82, 2.24) is 0 Å². The first-order chi connectivity index (χ1) is 13.9. The third-order valence-electron chi connectivity index (χ3n) is 8.37. The second kappa shape index (κ2) is 8.92. The van der Waals surface area contributed by atoms with Crippen LogP contribution in [0.3, 0.4) is 0 Å². The van der Waals surface area contributed by atoms with Crippen molar-refractivity contribution < 1.29 is 15.3 Å². The molecule has 30 heavy (non-hydrogen) atoms. The van der Waals surface area contributed by atoms with Gasteiger partial charge in [-0.3, -0.25) is 0 Å². The van der Waals surface area contributed by atoms with Crippen LogP contribution < -0.4 is 0 Å². The number of fused-ring (bicyclic) bond motifs is 1. The monoisotopic (exact) mass is 416 g/mol. The van der Waals surface area contributed by atoms with Gasteiger partial charge >= 0.3 is 0 Å². The maximum Gasteiger partial charge on any atom is 0.0653 e. The van der Waals surface area contributed by atoms with E-state index in [0.717, 1.165) is 57.8 Å². The molecule has 3 aliphatic rings. The van der Waals surface area contributed by atoms with Crippen molar-refractivity contribution in [2.75, 3.05) is 0 Å². The van der Waals surface area contributed by atoms with Gasteiger partial charge in [0.2, 0.25) is 0 Å². The lowest BCUT2D eigenvalue weighted by molar-refractivity contribution is -0.0680. The SMILES string of the molecule is C=C1CC[C@H](O)CC1=C/C=C1\CCC[C@@]2(C)[C@H]1CC[C@@H]2[C@@](C)(O)CCCC(C)(C)O. The zero-order chi connectivity index (χ0) is 22.2. The first-order valence-corrected chi connectivity index (χ1v) is 12.1. The number of aliphatic hydroxyl groups excluding tert-OH is 1. The van der Waals surface area contributed by atoms with Crippen molar-refractivity contribution in [2.24, 2.45) is 17.3 Å². The first kappa shape index (κ1) is 23.8. The number of rotatable bonds is 6. The van der Waals surface area contributed by atoms with E-state index in [1.54, 1.807) is 0 Å². The molecule has 3 saturated carbocycles. The molecule has 3 aliphatic carbocycles. The first-order valence-electron chi connectivity index (χ1n) is 12.1. The topological polar surface area (TPSA) is 60.7 Å². The predicted octanol–water partition coefficient (Wildman–Crippen LogP) is 5.85. The second-order valence-electron chi connectivity index (χ2n) is 11.5. The van der Waals surface area contributed by atoms with Crippen LogP contribution in [0, 0.1) is 17.3 Å². The van der Waals surface area contributed by atoms with Gasteiger partial charge in [-0.15, -0.1) is 0 Å². The van der Waals surface area contributed by atoms with Gasteiger partial charge in [0.1, 0.15) is 0 Å². The maximum atomic E-state index is 11.4. The molecule has 3 rings (SSSR count). The Bertz CT molecular complexity index is 693. The van der Waals surface area contributed by atoms with Crippen LogP contribution in [0.25, 0.3) is 0 Å². The summed E-state index contributed by atoms with van der Waals surface area (Å²) in [7, 11) is 0. The van der Waals surface area contributed by atoms with Crippen LogP contribution in [0.1, 0.15) is 98.3 Å². The molecular weight excluding hydrogens is 372 g/mol. The van der Waals surface area contributed by atoms with Gasteiger partial charge in [0.25, 0.3) is 0 Å². The Morgan fingerprint density at radius 2 is 1.80 bits per heavy atom. The fourth-order valence-electron chi connectivity index (χ4n) is 6.71. The normalized spacial score (nSPS) is 37.4. The van der Waals surface area contributed by atoms with Crippen LogP contribution in [-0.4, -0.2) is 32.6 Å². The highest BCUT2D eigenvalue weighted by atomic mass is 16.3. The zero-order valence-electron chi connectivity index (χ0n) is 19.7. The van der Waals surface area contributed by atoms with Gasteiger partial charge in [-0.25, -0.2) is 0 Å². The molecule has 3 fully saturated rings. The molecule has 0 heterocycles. The minimum absolute atomic E-state index is 0.143. The van der Waals surface area contributed by atoms with Crippen molar-refractivity contribution in [3.8, 4) is 0 Å². The molecule has 0 saturated heterocycles. The molecule has 0 bridgehead atoms. The van der Waals surface area contributed by atoms with Gasteiger partial charge in [-0.2, -0.15) is 0 Å². The van der Waals surface area contributed by atoms with E-state index in [2.05, 4.69) is 25.7 Å². The van der Waals surface area contributed by atoms with E-state index in [1.807, 2.05) is 20.8 Å². The molecule has 0 unspecified atom stereocenters. The lowest BCUT2D eigenvalue weighted by Gasteiger charge is -2.47. The number of hydrogen-bond acceptors (Lipinski definition) is 3. The lowest BCUT2D eigenvalue weighted by Crippen LogP contribution is -2.45. The summed E-state index contributed by atoms with van der Waals surface area (Å²) in [5.74, 6) is 0.843. The Morgan fingerprint density at radius 1 is 1.07 bits per heavy atom. The summed E-state index contributed by atoms with van der Waals surface area (Å²) in [4.78, 5) is 0. The summed E-state index contributed by atoms with van der Waals surface area (Å²) in [5, 5.41) is 31.5. The quantitative estimate of drug-likeness (QED) is 0.509. The third-order valence-corrected chi connectivity index (χ3v) is 8.37. The van der Waals surface area contributed by atoms with Gasteiger partial charge in [0.15, 0.2) is 0 Å². The highest BCUT2D eigenvalue weighted by Gasteiger charge is 2.54. The Hall–Kier alpha value is -0.900. The van der Waals surface area contributed by atoms with Crippen molar-refractivity contribution >= 4 is 0 Å². The van der Waals surface area contributed by atoms with E-state index >= 15 is 0 Å². The molecule has 0 aromatic rings. The molecule has 0 aliphatic heterocycles. The van der Waals surface area contributed by atoms with Gasteiger partial charge in [-0.1, -0.05) is 36.8 Å². The van der Waals surface area contributed by atoms with E-state index < -0.39 is 11.2 Å². The Morgan fingerprint density at radius 3 is 2.50 bits per heavy atom. The minimum atomic E-state index is -0.683. The van der Waals surface area contributed by atoms with Crippen molar-refractivity contribution in [3.63, 3.8) is 0 Å². The number of allylic oxidation sites excluding steroid dienone is 4. The summed E-state index contributed by atoms with van der Waals surface area (Å²) in [6.45, 7) is 12.3. The van der Waals surface area contributed by atoms with E-state index in [0.29, 0.717) is 11.8 Å². The van der Waals surface area contributed by atoms with E-state index in [-0.39, 0.29) is 11.5 Å². The Kier molecular flexibility index (Phi) is 7.06. The molecule has 0 aromatic heterocycles.